The molecule has 0 radical (unpaired) electrons. The van der Waals surface area contributed by atoms with Gasteiger partial charge in [-0.3, -0.25) is 14.5 Å². The summed E-state index contributed by atoms with van der Waals surface area (Å²) in [5, 5.41) is 11.5. The van der Waals surface area contributed by atoms with Gasteiger partial charge in [0.1, 0.15) is 0 Å². The summed E-state index contributed by atoms with van der Waals surface area (Å²) in [7, 11) is 0. The van der Waals surface area contributed by atoms with Crippen molar-refractivity contribution < 1.29 is 14.0 Å². The number of nitrogens with one attached hydrogen (secondary N) is 1. The molecule has 0 unspecified atom stereocenters. The van der Waals surface area contributed by atoms with Crippen molar-refractivity contribution in [3.63, 3.8) is 0 Å². The monoisotopic (exact) mass is 399 g/mol. The number of aromatic nitrogens is 4. The average molecular weight is 399 g/mol. The molecular weight excluding hydrogens is 377 g/mol. The molecule has 9 nitrogen and oxygen atoms in total. The van der Waals surface area contributed by atoms with Crippen LogP contribution in [0.5, 0.6) is 0 Å². The van der Waals surface area contributed by atoms with Crippen LogP contribution in [0.4, 0.5) is 4.39 Å². The highest BCUT2D eigenvalue weighted by Gasteiger charge is 2.38. The number of amides is 2. The molecule has 10 heteroatoms. The second kappa shape index (κ2) is 7.18. The summed E-state index contributed by atoms with van der Waals surface area (Å²) in [6.45, 7) is 3.09. The summed E-state index contributed by atoms with van der Waals surface area (Å²) < 4.78 is 15.3. The molecule has 2 amide bonds. The molecule has 4 heterocycles. The van der Waals surface area contributed by atoms with Gasteiger partial charge in [0.15, 0.2) is 5.82 Å². The third-order valence-electron chi connectivity index (χ3n) is 6.08. The number of pyridine rings is 1. The average Bonchev–Trinajstić information content (AvgIpc) is 3.14. The summed E-state index contributed by atoms with van der Waals surface area (Å²) in [4.78, 5) is 32.9. The van der Waals surface area contributed by atoms with Crippen molar-refractivity contribution in [2.24, 2.45) is 0 Å². The molecule has 1 saturated carbocycles. The number of rotatable bonds is 3. The third-order valence-corrected chi connectivity index (χ3v) is 6.08. The molecule has 3 aliphatic rings. The van der Waals surface area contributed by atoms with E-state index < -0.39 is 5.95 Å². The number of hydrogen-bond donors (Lipinski definition) is 1. The molecule has 0 aromatic carbocycles. The van der Waals surface area contributed by atoms with E-state index in [2.05, 4.69) is 25.4 Å². The van der Waals surface area contributed by atoms with E-state index in [9.17, 15) is 14.0 Å². The van der Waals surface area contributed by atoms with Gasteiger partial charge < -0.3 is 14.8 Å². The van der Waals surface area contributed by atoms with Gasteiger partial charge in [-0.15, -0.1) is 10.2 Å². The zero-order chi connectivity index (χ0) is 20.0. The molecule has 2 aromatic heterocycles. The molecule has 1 N–H and O–H groups in total. The minimum atomic E-state index is -0.672. The van der Waals surface area contributed by atoms with E-state index >= 15 is 0 Å². The Labute approximate surface area is 166 Å². The maximum absolute atomic E-state index is 13.4. The summed E-state index contributed by atoms with van der Waals surface area (Å²) in [6.07, 6.45) is 4.46. The minimum absolute atomic E-state index is 0.133. The maximum atomic E-state index is 13.4. The summed E-state index contributed by atoms with van der Waals surface area (Å²) >= 11 is 0. The Balaban J connectivity index is 1.35. The molecule has 0 spiro atoms. The van der Waals surface area contributed by atoms with Crippen molar-refractivity contribution in [3.05, 3.63) is 41.5 Å². The predicted molar refractivity (Wildman–Crippen MR) is 99.5 cm³/mol. The quantitative estimate of drug-likeness (QED) is 0.760. The smallest absolute Gasteiger partial charge is 0.289 e. The lowest BCUT2D eigenvalue weighted by atomic mass is 9.93. The van der Waals surface area contributed by atoms with Crippen LogP contribution < -0.4 is 5.32 Å². The summed E-state index contributed by atoms with van der Waals surface area (Å²) in [6, 6.07) is 2.77. The number of piperazine rings is 1. The first kappa shape index (κ1) is 18.2. The van der Waals surface area contributed by atoms with Crippen molar-refractivity contribution in [3.8, 4) is 0 Å². The van der Waals surface area contributed by atoms with Crippen molar-refractivity contribution in [2.75, 3.05) is 26.2 Å². The van der Waals surface area contributed by atoms with Crippen LogP contribution in [-0.2, 0) is 6.54 Å². The second-order valence-corrected chi connectivity index (χ2v) is 7.80. The van der Waals surface area contributed by atoms with E-state index in [1.165, 1.54) is 12.3 Å². The van der Waals surface area contributed by atoms with E-state index in [4.69, 9.17) is 0 Å². The fraction of sp³-hybridized carbons (Fsp3) is 0.526. The van der Waals surface area contributed by atoms with Crippen LogP contribution in [0.2, 0.25) is 0 Å². The first-order chi connectivity index (χ1) is 14.1. The Kier molecular flexibility index (Phi) is 4.50. The van der Waals surface area contributed by atoms with Crippen molar-refractivity contribution in [2.45, 2.75) is 37.9 Å². The number of fused-ring (bicyclic) bond motifs is 3. The molecule has 2 fully saturated rings. The third kappa shape index (κ3) is 3.27. The maximum Gasteiger partial charge on any atom is 0.289 e. The number of nitrogens with zero attached hydrogens (tertiary/aromatic N) is 6. The van der Waals surface area contributed by atoms with E-state index in [0.717, 1.165) is 31.9 Å². The lowest BCUT2D eigenvalue weighted by Crippen LogP contribution is -2.54. The standard InChI is InChI=1S/C19H22FN7O2/c20-15-10-12(4-5-21-15)19(29)26-7-6-25-8-9-27-16(14(25)11-26)23-24-17(27)18(28)22-13-2-1-3-13/h4-5,10,13-14H,1-3,6-9,11H2,(H,22,28)/t14-/m1/s1. The Hall–Kier alpha value is -2.88. The number of carbonyl (C=O) groups excluding carboxylic acids is 2. The van der Waals surface area contributed by atoms with Crippen molar-refractivity contribution >= 4 is 11.8 Å². The Bertz CT molecular complexity index is 958. The Morgan fingerprint density at radius 1 is 1.14 bits per heavy atom. The van der Waals surface area contributed by atoms with Crippen LogP contribution in [0.15, 0.2) is 18.3 Å². The largest absolute Gasteiger partial charge is 0.347 e. The highest BCUT2D eigenvalue weighted by molar-refractivity contribution is 5.94. The number of halogens is 1. The van der Waals surface area contributed by atoms with E-state index in [-0.39, 0.29) is 29.5 Å². The van der Waals surface area contributed by atoms with Crippen LogP contribution in [-0.4, -0.2) is 73.6 Å². The van der Waals surface area contributed by atoms with Crippen LogP contribution in [0.3, 0.4) is 0 Å². The lowest BCUT2D eigenvalue weighted by molar-refractivity contribution is 0.0372. The molecule has 0 bridgehead atoms. The molecule has 5 rings (SSSR count). The van der Waals surface area contributed by atoms with Gasteiger partial charge in [-0.05, 0) is 25.3 Å². The highest BCUT2D eigenvalue weighted by atomic mass is 19.1. The van der Waals surface area contributed by atoms with Crippen molar-refractivity contribution in [1.29, 1.82) is 0 Å². The van der Waals surface area contributed by atoms with Gasteiger partial charge in [-0.2, -0.15) is 4.39 Å². The van der Waals surface area contributed by atoms with E-state index in [0.29, 0.717) is 37.8 Å². The zero-order valence-electron chi connectivity index (χ0n) is 15.9. The first-order valence-electron chi connectivity index (χ1n) is 9.99. The molecule has 1 atom stereocenters. The summed E-state index contributed by atoms with van der Waals surface area (Å²) in [5.74, 6) is -0.0444. The molecular formula is C19H22FN7O2. The predicted octanol–water partition coefficient (Wildman–Crippen LogP) is 0.607. The van der Waals surface area contributed by atoms with Gasteiger partial charge in [0, 0.05) is 56.6 Å². The number of hydrogen-bond acceptors (Lipinski definition) is 6. The Morgan fingerprint density at radius 3 is 2.72 bits per heavy atom. The number of carbonyl (C=O) groups is 2. The van der Waals surface area contributed by atoms with Crippen LogP contribution in [0.25, 0.3) is 0 Å². The van der Waals surface area contributed by atoms with Gasteiger partial charge in [0.05, 0.1) is 6.04 Å². The Morgan fingerprint density at radius 2 is 1.97 bits per heavy atom. The fourth-order valence-electron chi connectivity index (χ4n) is 4.22. The lowest BCUT2D eigenvalue weighted by Gasteiger charge is -2.43. The van der Waals surface area contributed by atoms with E-state index in [1.807, 2.05) is 4.57 Å². The molecule has 152 valence electrons. The van der Waals surface area contributed by atoms with Gasteiger partial charge in [0.2, 0.25) is 11.8 Å². The molecule has 1 saturated heterocycles. The minimum Gasteiger partial charge on any atom is -0.347 e. The van der Waals surface area contributed by atoms with Crippen LogP contribution in [0.1, 0.15) is 52.1 Å². The normalized spacial score (nSPS) is 21.8. The fourth-order valence-corrected chi connectivity index (χ4v) is 4.22. The molecule has 1 aliphatic carbocycles. The SMILES string of the molecule is O=C(NC1CCC1)c1nnc2n1CCN1CCN(C(=O)c3ccnc(F)c3)C[C@H]21. The van der Waals surface area contributed by atoms with Gasteiger partial charge in [-0.1, -0.05) is 0 Å². The van der Waals surface area contributed by atoms with Crippen molar-refractivity contribution in [1.82, 2.24) is 34.9 Å². The topological polar surface area (TPSA) is 96.3 Å². The first-order valence-corrected chi connectivity index (χ1v) is 9.99. The van der Waals surface area contributed by atoms with Gasteiger partial charge in [0.25, 0.3) is 11.8 Å². The van der Waals surface area contributed by atoms with Gasteiger partial charge in [-0.25, -0.2) is 4.98 Å². The second-order valence-electron chi connectivity index (χ2n) is 7.80. The van der Waals surface area contributed by atoms with Crippen LogP contribution >= 0.6 is 0 Å². The molecule has 2 aliphatic heterocycles. The molecule has 2 aromatic rings. The summed E-state index contributed by atoms with van der Waals surface area (Å²) in [5.41, 5.74) is 0.281. The molecule has 29 heavy (non-hydrogen) atoms. The van der Waals surface area contributed by atoms with E-state index in [1.54, 1.807) is 4.90 Å². The zero-order valence-corrected chi connectivity index (χ0v) is 15.9. The van der Waals surface area contributed by atoms with Crippen LogP contribution in [0, 0.1) is 5.95 Å². The van der Waals surface area contributed by atoms with Gasteiger partial charge >= 0.3 is 0 Å². The highest BCUT2D eigenvalue weighted by Crippen LogP contribution is 2.29.